The lowest BCUT2D eigenvalue weighted by Crippen LogP contribution is -2.49. The third kappa shape index (κ3) is 5.42. The highest BCUT2D eigenvalue weighted by molar-refractivity contribution is 5.85. The Morgan fingerprint density at radius 2 is 2.15 bits per heavy atom. The number of likely N-dealkylation sites (N-methyl/N-ethyl adjacent to an activating group) is 1. The van der Waals surface area contributed by atoms with E-state index in [9.17, 15) is 4.79 Å². The first-order valence-electron chi connectivity index (χ1n) is 8.89. The summed E-state index contributed by atoms with van der Waals surface area (Å²) in [5, 5.41) is 3.41. The molecule has 0 bridgehead atoms. The van der Waals surface area contributed by atoms with Crippen LogP contribution in [0.5, 0.6) is 5.75 Å². The molecule has 0 radical (unpaired) electrons. The fourth-order valence-corrected chi connectivity index (χ4v) is 3.31. The van der Waals surface area contributed by atoms with Crippen LogP contribution in [0.2, 0.25) is 0 Å². The molecule has 1 atom stereocenters. The number of benzene rings is 1. The minimum absolute atomic E-state index is 0. The number of pyridine rings is 1. The Kier molecular flexibility index (Phi) is 8.03. The molecule has 1 aliphatic rings. The number of nitrogens with zero attached hydrogens (tertiary/aromatic N) is 3. The molecule has 1 saturated heterocycles. The molecule has 2 heterocycles. The second kappa shape index (κ2) is 10.3. The van der Waals surface area contributed by atoms with E-state index in [0.717, 1.165) is 36.5 Å². The van der Waals surface area contributed by atoms with E-state index in [0.29, 0.717) is 13.1 Å². The monoisotopic (exact) mass is 390 g/mol. The number of aromatic nitrogens is 1. The minimum atomic E-state index is 0. The Morgan fingerprint density at radius 1 is 1.33 bits per heavy atom. The number of methoxy groups -OCH3 is 1. The summed E-state index contributed by atoms with van der Waals surface area (Å²) in [5.74, 6) is 0.911. The smallest absolute Gasteiger partial charge is 0.236 e. The lowest BCUT2D eigenvalue weighted by molar-refractivity contribution is -0.132. The van der Waals surface area contributed by atoms with Gasteiger partial charge in [-0.3, -0.25) is 14.7 Å². The van der Waals surface area contributed by atoms with Gasteiger partial charge in [-0.15, -0.1) is 12.4 Å². The molecule has 0 spiro atoms. The van der Waals surface area contributed by atoms with Crippen LogP contribution < -0.4 is 10.1 Å². The van der Waals surface area contributed by atoms with Crippen LogP contribution in [0.1, 0.15) is 17.2 Å². The first-order chi connectivity index (χ1) is 12.7. The van der Waals surface area contributed by atoms with Crippen LogP contribution in [0.25, 0.3) is 0 Å². The van der Waals surface area contributed by atoms with Crippen molar-refractivity contribution >= 4 is 18.3 Å². The lowest BCUT2D eigenvalue weighted by Gasteiger charge is -2.36. The number of ether oxygens (including phenoxy) is 1. The number of carbonyl (C=O) groups excluding carboxylic acids is 1. The number of piperazine rings is 1. The largest absolute Gasteiger partial charge is 0.496 e. The normalized spacial score (nSPS) is 17.0. The summed E-state index contributed by atoms with van der Waals surface area (Å²) >= 11 is 0. The molecule has 0 aliphatic carbocycles. The fourth-order valence-electron chi connectivity index (χ4n) is 3.31. The summed E-state index contributed by atoms with van der Waals surface area (Å²) in [6.45, 7) is 3.49. The van der Waals surface area contributed by atoms with Crippen LogP contribution in [0.4, 0.5) is 0 Å². The van der Waals surface area contributed by atoms with Gasteiger partial charge in [0.15, 0.2) is 0 Å². The molecule has 27 heavy (non-hydrogen) atoms. The SMILES string of the molecule is COc1ccccc1CN(C)C(=O)CN1CCNCC1c1cccnc1.Cl. The van der Waals surface area contributed by atoms with Gasteiger partial charge >= 0.3 is 0 Å². The highest BCUT2D eigenvalue weighted by Crippen LogP contribution is 2.22. The highest BCUT2D eigenvalue weighted by Gasteiger charge is 2.26. The number of carbonyl (C=O) groups is 1. The zero-order chi connectivity index (χ0) is 18.4. The van der Waals surface area contributed by atoms with E-state index in [1.807, 2.05) is 43.6 Å². The van der Waals surface area contributed by atoms with Crippen molar-refractivity contribution in [2.24, 2.45) is 0 Å². The molecule has 1 fully saturated rings. The molecule has 1 aromatic carbocycles. The summed E-state index contributed by atoms with van der Waals surface area (Å²) in [5.41, 5.74) is 2.15. The topological polar surface area (TPSA) is 57.7 Å². The molecule has 1 N–H and O–H groups in total. The Bertz CT molecular complexity index is 729. The molecule has 7 heteroatoms. The number of para-hydroxylation sites is 1. The van der Waals surface area contributed by atoms with Gasteiger partial charge in [0.1, 0.15) is 5.75 Å². The Morgan fingerprint density at radius 3 is 2.89 bits per heavy atom. The molecule has 1 aliphatic heterocycles. The van der Waals surface area contributed by atoms with Crippen molar-refractivity contribution in [1.82, 2.24) is 20.1 Å². The van der Waals surface area contributed by atoms with Gasteiger partial charge in [0.2, 0.25) is 5.91 Å². The van der Waals surface area contributed by atoms with Crippen molar-refractivity contribution in [2.75, 3.05) is 40.3 Å². The molecular formula is C20H27ClN4O2. The number of hydrogen-bond donors (Lipinski definition) is 1. The maximum absolute atomic E-state index is 12.8. The van der Waals surface area contributed by atoms with E-state index in [2.05, 4.69) is 21.3 Å². The minimum Gasteiger partial charge on any atom is -0.496 e. The van der Waals surface area contributed by atoms with Crippen LogP contribution in [0.3, 0.4) is 0 Å². The van der Waals surface area contributed by atoms with Gasteiger partial charge in [0.25, 0.3) is 0 Å². The second-order valence-corrected chi connectivity index (χ2v) is 6.54. The van der Waals surface area contributed by atoms with Gasteiger partial charge in [-0.05, 0) is 17.7 Å². The molecular weight excluding hydrogens is 364 g/mol. The third-order valence-electron chi connectivity index (χ3n) is 4.79. The van der Waals surface area contributed by atoms with E-state index in [1.54, 1.807) is 18.2 Å². The van der Waals surface area contributed by atoms with Crippen molar-refractivity contribution in [3.05, 3.63) is 59.9 Å². The first kappa shape index (κ1) is 21.2. The summed E-state index contributed by atoms with van der Waals surface area (Å²) in [6, 6.07) is 12.0. The predicted octanol–water partition coefficient (Wildman–Crippen LogP) is 2.12. The number of halogens is 1. The van der Waals surface area contributed by atoms with E-state index < -0.39 is 0 Å². The zero-order valence-electron chi connectivity index (χ0n) is 15.8. The Labute approximate surface area is 166 Å². The molecule has 1 amide bonds. The highest BCUT2D eigenvalue weighted by atomic mass is 35.5. The number of amides is 1. The third-order valence-corrected chi connectivity index (χ3v) is 4.79. The van der Waals surface area contributed by atoms with Gasteiger partial charge < -0.3 is 15.0 Å². The summed E-state index contributed by atoms with van der Waals surface area (Å²) in [4.78, 5) is 21.0. The van der Waals surface area contributed by atoms with Gasteiger partial charge in [-0.2, -0.15) is 0 Å². The average Bonchev–Trinajstić information content (AvgIpc) is 2.69. The first-order valence-corrected chi connectivity index (χ1v) is 8.89. The van der Waals surface area contributed by atoms with Crippen LogP contribution >= 0.6 is 12.4 Å². The summed E-state index contributed by atoms with van der Waals surface area (Å²) < 4.78 is 5.39. The van der Waals surface area contributed by atoms with E-state index in [4.69, 9.17) is 4.74 Å². The van der Waals surface area contributed by atoms with Crippen molar-refractivity contribution in [1.29, 1.82) is 0 Å². The molecule has 1 aromatic heterocycles. The zero-order valence-corrected chi connectivity index (χ0v) is 16.6. The van der Waals surface area contributed by atoms with Gasteiger partial charge in [0.05, 0.1) is 13.7 Å². The second-order valence-electron chi connectivity index (χ2n) is 6.54. The van der Waals surface area contributed by atoms with Crippen molar-refractivity contribution in [2.45, 2.75) is 12.6 Å². The maximum atomic E-state index is 12.8. The predicted molar refractivity (Wildman–Crippen MR) is 108 cm³/mol. The molecule has 1 unspecified atom stereocenters. The molecule has 2 aromatic rings. The lowest BCUT2D eigenvalue weighted by atomic mass is 10.1. The summed E-state index contributed by atoms with van der Waals surface area (Å²) in [6.07, 6.45) is 3.66. The number of rotatable bonds is 6. The van der Waals surface area contributed by atoms with Gasteiger partial charge in [-0.1, -0.05) is 24.3 Å². The van der Waals surface area contributed by atoms with Crippen molar-refractivity contribution < 1.29 is 9.53 Å². The van der Waals surface area contributed by atoms with Crippen molar-refractivity contribution in [3.63, 3.8) is 0 Å². The Hall–Kier alpha value is -2.15. The quantitative estimate of drug-likeness (QED) is 0.818. The maximum Gasteiger partial charge on any atom is 0.236 e. The van der Waals surface area contributed by atoms with Crippen molar-refractivity contribution in [3.8, 4) is 5.75 Å². The van der Waals surface area contributed by atoms with Gasteiger partial charge in [-0.25, -0.2) is 0 Å². The molecule has 146 valence electrons. The van der Waals surface area contributed by atoms with Crippen LogP contribution in [-0.2, 0) is 11.3 Å². The average molecular weight is 391 g/mol. The van der Waals surface area contributed by atoms with E-state index >= 15 is 0 Å². The number of nitrogens with one attached hydrogen (secondary N) is 1. The van der Waals surface area contributed by atoms with Gasteiger partial charge in [0, 0.05) is 57.2 Å². The number of hydrogen-bond acceptors (Lipinski definition) is 5. The van der Waals surface area contributed by atoms with Crippen LogP contribution in [-0.4, -0.2) is 61.0 Å². The summed E-state index contributed by atoms with van der Waals surface area (Å²) in [7, 11) is 3.50. The van der Waals surface area contributed by atoms with Crippen LogP contribution in [0.15, 0.2) is 48.8 Å². The van der Waals surface area contributed by atoms with Crippen LogP contribution in [0, 0.1) is 0 Å². The molecule has 6 nitrogen and oxygen atoms in total. The standard InChI is InChI=1S/C20H26N4O2.ClH/c1-23(14-17-6-3-4-8-19(17)26-2)20(25)15-24-11-10-22-13-18(24)16-7-5-9-21-12-16;/h3-9,12,18,22H,10-11,13-15H2,1-2H3;1H. The fraction of sp³-hybridized carbons (Fsp3) is 0.400. The Balaban J connectivity index is 0.00000261. The van der Waals surface area contributed by atoms with E-state index in [-0.39, 0.29) is 24.4 Å². The van der Waals surface area contributed by atoms with E-state index in [1.165, 1.54) is 0 Å². The molecule has 3 rings (SSSR count). The molecule has 0 saturated carbocycles.